The monoisotopic (exact) mass is 405 g/mol. The van der Waals surface area contributed by atoms with Crippen LogP contribution < -0.4 is 15.4 Å². The van der Waals surface area contributed by atoms with Gasteiger partial charge in [-0.05, 0) is 36.4 Å². The van der Waals surface area contributed by atoms with E-state index in [1.165, 1.54) is 31.4 Å². The highest BCUT2D eigenvalue weighted by molar-refractivity contribution is 5.97. The van der Waals surface area contributed by atoms with Gasteiger partial charge in [-0.3, -0.25) is 24.5 Å². The van der Waals surface area contributed by atoms with Crippen LogP contribution in [-0.2, 0) is 14.3 Å². The molecule has 0 spiro atoms. The maximum Gasteiger partial charge on any atom is 0.325 e. The van der Waals surface area contributed by atoms with E-state index in [1.807, 2.05) is 0 Å². The number of nitrogens with one attached hydrogen (secondary N) is 2. The van der Waals surface area contributed by atoms with E-state index in [0.717, 1.165) is 18.2 Å². The fourth-order valence-corrected chi connectivity index (χ4v) is 2.13. The van der Waals surface area contributed by atoms with Crippen molar-refractivity contribution in [2.75, 3.05) is 25.6 Å². The molecule has 0 heterocycles. The number of nitrogens with zero attached hydrogens (tertiary/aromatic N) is 1. The van der Waals surface area contributed by atoms with Gasteiger partial charge in [0, 0.05) is 5.56 Å². The summed E-state index contributed by atoms with van der Waals surface area (Å²) in [6, 6.07) is 8.49. The molecule has 29 heavy (non-hydrogen) atoms. The van der Waals surface area contributed by atoms with Crippen LogP contribution in [0, 0.1) is 15.9 Å². The molecule has 0 aliphatic rings. The first-order valence-electron chi connectivity index (χ1n) is 8.12. The van der Waals surface area contributed by atoms with E-state index in [-0.39, 0.29) is 17.0 Å². The van der Waals surface area contributed by atoms with Crippen LogP contribution in [0.4, 0.5) is 15.8 Å². The van der Waals surface area contributed by atoms with E-state index in [2.05, 4.69) is 10.6 Å². The Kier molecular flexibility index (Phi) is 7.18. The molecule has 2 aromatic rings. The number of ether oxygens (including phenoxy) is 2. The number of amides is 2. The number of carbonyl (C=O) groups is 3. The van der Waals surface area contributed by atoms with Gasteiger partial charge in [-0.15, -0.1) is 0 Å². The minimum Gasteiger partial charge on any atom is -0.496 e. The van der Waals surface area contributed by atoms with Gasteiger partial charge in [0.25, 0.3) is 17.5 Å². The second-order valence-corrected chi connectivity index (χ2v) is 5.54. The molecule has 0 aromatic heterocycles. The average molecular weight is 405 g/mol. The van der Waals surface area contributed by atoms with Crippen molar-refractivity contribution in [1.29, 1.82) is 0 Å². The Morgan fingerprint density at radius 3 is 2.45 bits per heavy atom. The van der Waals surface area contributed by atoms with Crippen LogP contribution in [-0.4, -0.2) is 43.0 Å². The molecule has 11 heteroatoms. The number of nitro benzene ring substituents is 1. The van der Waals surface area contributed by atoms with Crippen molar-refractivity contribution in [2.45, 2.75) is 0 Å². The molecular formula is C18H16FN3O7. The first-order chi connectivity index (χ1) is 13.8. The van der Waals surface area contributed by atoms with E-state index >= 15 is 0 Å². The number of rotatable bonds is 8. The average Bonchev–Trinajstić information content (AvgIpc) is 2.71. The molecule has 0 unspecified atom stereocenters. The Morgan fingerprint density at radius 1 is 1.14 bits per heavy atom. The normalized spacial score (nSPS) is 10.0. The van der Waals surface area contributed by atoms with Gasteiger partial charge in [0.2, 0.25) is 0 Å². The number of benzene rings is 2. The highest BCUT2D eigenvalue weighted by Crippen LogP contribution is 2.28. The number of hydrogen-bond donors (Lipinski definition) is 2. The lowest BCUT2D eigenvalue weighted by Crippen LogP contribution is -2.32. The van der Waals surface area contributed by atoms with Crippen molar-refractivity contribution in [3.8, 4) is 5.75 Å². The quantitative estimate of drug-likeness (QED) is 0.387. The Labute approximate surface area is 163 Å². The van der Waals surface area contributed by atoms with Gasteiger partial charge < -0.3 is 20.1 Å². The van der Waals surface area contributed by atoms with Crippen LogP contribution in [0.2, 0.25) is 0 Å². The first kappa shape index (κ1) is 21.3. The summed E-state index contributed by atoms with van der Waals surface area (Å²) >= 11 is 0. The molecule has 0 fully saturated rings. The number of anilines is 1. The Hall–Kier alpha value is -4.02. The van der Waals surface area contributed by atoms with Gasteiger partial charge in [0.05, 0.1) is 18.1 Å². The Balaban J connectivity index is 1.83. The maximum atomic E-state index is 12.8. The first-order valence-corrected chi connectivity index (χ1v) is 8.12. The number of nitro groups is 1. The van der Waals surface area contributed by atoms with E-state index in [1.54, 1.807) is 0 Å². The molecule has 0 bridgehead atoms. The van der Waals surface area contributed by atoms with Gasteiger partial charge in [0.15, 0.2) is 6.61 Å². The molecule has 0 radical (unpaired) electrons. The van der Waals surface area contributed by atoms with Crippen LogP contribution in [0.1, 0.15) is 10.4 Å². The number of esters is 1. The molecule has 152 valence electrons. The van der Waals surface area contributed by atoms with Gasteiger partial charge >= 0.3 is 5.97 Å². The molecule has 0 saturated carbocycles. The fraction of sp³-hybridized carbons (Fsp3) is 0.167. The van der Waals surface area contributed by atoms with Crippen molar-refractivity contribution < 1.29 is 33.2 Å². The summed E-state index contributed by atoms with van der Waals surface area (Å²) in [4.78, 5) is 45.7. The van der Waals surface area contributed by atoms with Crippen molar-refractivity contribution in [1.82, 2.24) is 5.32 Å². The van der Waals surface area contributed by atoms with Crippen LogP contribution >= 0.6 is 0 Å². The third kappa shape index (κ3) is 6.27. The molecule has 2 N–H and O–H groups in total. The number of hydrogen-bond acceptors (Lipinski definition) is 7. The Bertz CT molecular complexity index is 932. The lowest BCUT2D eigenvalue weighted by molar-refractivity contribution is -0.384. The van der Waals surface area contributed by atoms with Gasteiger partial charge in [-0.1, -0.05) is 0 Å². The second-order valence-electron chi connectivity index (χ2n) is 5.54. The number of methoxy groups -OCH3 is 1. The Morgan fingerprint density at radius 2 is 1.83 bits per heavy atom. The molecule has 2 rings (SSSR count). The van der Waals surface area contributed by atoms with Crippen LogP contribution in [0.15, 0.2) is 42.5 Å². The number of halogens is 1. The SMILES string of the molecule is COc1ccc(NC(=O)COC(=O)CNC(=O)c2ccc(F)cc2)c([N+](=O)[O-])c1. The minimum atomic E-state index is -0.903. The van der Waals surface area contributed by atoms with Crippen molar-refractivity contribution in [3.05, 3.63) is 64.0 Å². The third-order valence-electron chi connectivity index (χ3n) is 3.54. The fourth-order valence-electron chi connectivity index (χ4n) is 2.13. The van der Waals surface area contributed by atoms with Gasteiger partial charge in [-0.2, -0.15) is 0 Å². The molecule has 2 aromatic carbocycles. The summed E-state index contributed by atoms with van der Waals surface area (Å²) in [6.07, 6.45) is 0. The highest BCUT2D eigenvalue weighted by atomic mass is 19.1. The zero-order valence-corrected chi connectivity index (χ0v) is 15.1. The highest BCUT2D eigenvalue weighted by Gasteiger charge is 2.18. The molecular weight excluding hydrogens is 389 g/mol. The minimum absolute atomic E-state index is 0.0959. The topological polar surface area (TPSA) is 137 Å². The van der Waals surface area contributed by atoms with Crippen molar-refractivity contribution in [2.24, 2.45) is 0 Å². The van der Waals surface area contributed by atoms with Crippen molar-refractivity contribution >= 4 is 29.2 Å². The van der Waals surface area contributed by atoms with E-state index in [0.29, 0.717) is 0 Å². The predicted octanol–water partition coefficient (Wildman–Crippen LogP) is 1.65. The number of carbonyl (C=O) groups excluding carboxylic acids is 3. The third-order valence-corrected chi connectivity index (χ3v) is 3.54. The van der Waals surface area contributed by atoms with Gasteiger partial charge in [-0.25, -0.2) is 4.39 Å². The largest absolute Gasteiger partial charge is 0.496 e. The molecule has 0 atom stereocenters. The summed E-state index contributed by atoms with van der Waals surface area (Å²) in [6.45, 7) is -1.24. The summed E-state index contributed by atoms with van der Waals surface area (Å²) in [5, 5.41) is 15.6. The van der Waals surface area contributed by atoms with E-state index in [9.17, 15) is 28.9 Å². The second kappa shape index (κ2) is 9.78. The van der Waals surface area contributed by atoms with Gasteiger partial charge in [0.1, 0.15) is 23.8 Å². The zero-order valence-electron chi connectivity index (χ0n) is 15.1. The van der Waals surface area contributed by atoms with E-state index < -0.39 is 47.4 Å². The summed E-state index contributed by atoms with van der Waals surface area (Å²) in [5.41, 5.74) is -0.346. The maximum absolute atomic E-state index is 12.8. The summed E-state index contributed by atoms with van der Waals surface area (Å²) in [5.74, 6) is -2.61. The summed E-state index contributed by atoms with van der Waals surface area (Å²) < 4.78 is 22.4. The molecule has 0 aliphatic carbocycles. The van der Waals surface area contributed by atoms with Crippen molar-refractivity contribution in [3.63, 3.8) is 0 Å². The lowest BCUT2D eigenvalue weighted by atomic mass is 10.2. The summed E-state index contributed by atoms with van der Waals surface area (Å²) in [7, 11) is 1.34. The lowest BCUT2D eigenvalue weighted by Gasteiger charge is -2.09. The molecule has 0 aliphatic heterocycles. The van der Waals surface area contributed by atoms with Crippen LogP contribution in [0.5, 0.6) is 5.75 Å². The van der Waals surface area contributed by atoms with E-state index in [4.69, 9.17) is 9.47 Å². The van der Waals surface area contributed by atoms with Crippen LogP contribution in [0.3, 0.4) is 0 Å². The standard InChI is InChI=1S/C18H16FN3O7/c1-28-13-6-7-14(15(8-13)22(26)27)21-16(23)10-29-17(24)9-20-18(25)11-2-4-12(19)5-3-11/h2-8H,9-10H2,1H3,(H,20,25)(H,21,23). The predicted molar refractivity (Wildman–Crippen MR) is 98.0 cm³/mol. The molecule has 10 nitrogen and oxygen atoms in total. The molecule has 2 amide bonds. The van der Waals surface area contributed by atoms with Crippen LogP contribution in [0.25, 0.3) is 0 Å². The zero-order chi connectivity index (χ0) is 21.4. The smallest absolute Gasteiger partial charge is 0.325 e. The molecule has 0 saturated heterocycles.